The van der Waals surface area contributed by atoms with Crippen LogP contribution in [0.5, 0.6) is 0 Å². The summed E-state index contributed by atoms with van der Waals surface area (Å²) in [4.78, 5) is 15.2. The van der Waals surface area contributed by atoms with Crippen LogP contribution in [0.25, 0.3) is 0 Å². The number of hydrogen-bond donors (Lipinski definition) is 2. The third-order valence-corrected chi connectivity index (χ3v) is 5.54. The van der Waals surface area contributed by atoms with E-state index in [1.54, 1.807) is 0 Å². The molecule has 1 unspecified atom stereocenters. The second-order valence-electron chi connectivity index (χ2n) is 7.58. The van der Waals surface area contributed by atoms with Crippen molar-refractivity contribution in [2.45, 2.75) is 45.3 Å². The number of rotatable bonds is 6. The van der Waals surface area contributed by atoms with E-state index in [-0.39, 0.29) is 24.4 Å². The zero-order valence-electron chi connectivity index (χ0n) is 16.4. The molecule has 0 spiro atoms. The number of amides is 1. The van der Waals surface area contributed by atoms with Gasteiger partial charge in [-0.25, -0.2) is 0 Å². The fourth-order valence-electron chi connectivity index (χ4n) is 3.88. The first-order valence-corrected chi connectivity index (χ1v) is 9.94. The number of aromatic nitrogens is 2. The average molecular weight is 405 g/mol. The third-order valence-electron chi connectivity index (χ3n) is 5.54. The molecule has 2 aromatic rings. The van der Waals surface area contributed by atoms with Gasteiger partial charge in [0.05, 0.1) is 6.10 Å². The fraction of sp³-hybridized carbons (Fsp3) is 0.524. The van der Waals surface area contributed by atoms with Crippen molar-refractivity contribution in [1.82, 2.24) is 20.4 Å². The molecule has 2 aliphatic heterocycles. The molecule has 1 fully saturated rings. The van der Waals surface area contributed by atoms with Crippen molar-refractivity contribution in [1.29, 1.82) is 0 Å². The molecular weight excluding hydrogens is 376 g/mol. The maximum absolute atomic E-state index is 13.3. The van der Waals surface area contributed by atoms with Crippen LogP contribution in [0, 0.1) is 6.92 Å². The number of nitrogens with zero attached hydrogens (tertiary/aromatic N) is 2. The van der Waals surface area contributed by atoms with Crippen molar-refractivity contribution < 1.29 is 9.53 Å². The lowest BCUT2D eigenvalue weighted by atomic mass is 10.1. The predicted molar refractivity (Wildman–Crippen MR) is 111 cm³/mol. The monoisotopic (exact) mass is 404 g/mol. The molecule has 28 heavy (non-hydrogen) atoms. The van der Waals surface area contributed by atoms with Gasteiger partial charge in [0, 0.05) is 50.5 Å². The van der Waals surface area contributed by atoms with Gasteiger partial charge in [0.25, 0.3) is 5.91 Å². The van der Waals surface area contributed by atoms with Crippen LogP contribution in [0.3, 0.4) is 0 Å². The van der Waals surface area contributed by atoms with Crippen LogP contribution in [0.1, 0.15) is 45.7 Å². The minimum Gasteiger partial charge on any atom is -0.376 e. The van der Waals surface area contributed by atoms with E-state index >= 15 is 0 Å². The summed E-state index contributed by atoms with van der Waals surface area (Å²) in [6, 6.07) is 8.53. The first-order valence-electron chi connectivity index (χ1n) is 9.94. The van der Waals surface area contributed by atoms with Gasteiger partial charge in [-0.15, -0.1) is 12.4 Å². The molecule has 152 valence electrons. The van der Waals surface area contributed by atoms with E-state index in [9.17, 15) is 4.79 Å². The van der Waals surface area contributed by atoms with E-state index in [1.807, 2.05) is 4.90 Å². The summed E-state index contributed by atoms with van der Waals surface area (Å²) < 4.78 is 5.80. The molecule has 1 amide bonds. The summed E-state index contributed by atoms with van der Waals surface area (Å²) in [5.74, 6) is 0.0128. The highest BCUT2D eigenvalue weighted by atomic mass is 35.5. The molecule has 1 saturated heterocycles. The Morgan fingerprint density at radius 1 is 1.32 bits per heavy atom. The van der Waals surface area contributed by atoms with Gasteiger partial charge in [0.1, 0.15) is 0 Å². The van der Waals surface area contributed by atoms with Crippen LogP contribution in [-0.2, 0) is 24.1 Å². The number of H-pyrrole nitrogens is 1. The van der Waals surface area contributed by atoms with E-state index < -0.39 is 0 Å². The standard InChI is InChI=1S/C21H28N4O2.ClH/c1-15-4-6-16(7-5-15)9-11-25(14-17-3-2-12-27-17)21(26)20-18-13-22-10-8-19(18)23-24-20;/h4-7,17,22H,2-3,8-14H2,1H3,(H,23,24);1H. The van der Waals surface area contributed by atoms with Crippen molar-refractivity contribution >= 4 is 18.3 Å². The summed E-state index contributed by atoms with van der Waals surface area (Å²) in [5, 5.41) is 10.8. The summed E-state index contributed by atoms with van der Waals surface area (Å²) in [5.41, 5.74) is 5.18. The Labute approximate surface area is 172 Å². The van der Waals surface area contributed by atoms with E-state index in [1.165, 1.54) is 11.1 Å². The summed E-state index contributed by atoms with van der Waals surface area (Å²) in [6.45, 7) is 5.84. The van der Waals surface area contributed by atoms with E-state index in [0.717, 1.165) is 50.1 Å². The minimum atomic E-state index is 0. The van der Waals surface area contributed by atoms with Crippen LogP contribution in [0.15, 0.2) is 24.3 Å². The Balaban J connectivity index is 0.00000225. The number of aromatic amines is 1. The van der Waals surface area contributed by atoms with E-state index in [4.69, 9.17) is 4.74 Å². The molecule has 6 nitrogen and oxygen atoms in total. The third kappa shape index (κ3) is 4.74. The number of fused-ring (bicyclic) bond motifs is 1. The van der Waals surface area contributed by atoms with Gasteiger partial charge < -0.3 is 15.0 Å². The van der Waals surface area contributed by atoms with Crippen LogP contribution < -0.4 is 5.32 Å². The number of nitrogens with one attached hydrogen (secondary N) is 2. The zero-order chi connectivity index (χ0) is 18.6. The van der Waals surface area contributed by atoms with E-state index in [2.05, 4.69) is 46.7 Å². The molecule has 0 bridgehead atoms. The van der Waals surface area contributed by atoms with Crippen molar-refractivity contribution in [3.63, 3.8) is 0 Å². The maximum atomic E-state index is 13.3. The molecule has 7 heteroatoms. The highest BCUT2D eigenvalue weighted by Crippen LogP contribution is 2.20. The fourth-order valence-corrected chi connectivity index (χ4v) is 3.88. The number of halogens is 1. The number of carbonyl (C=O) groups excluding carboxylic acids is 1. The van der Waals surface area contributed by atoms with Crippen molar-refractivity contribution in [3.05, 3.63) is 52.3 Å². The lowest BCUT2D eigenvalue weighted by Gasteiger charge is -2.25. The van der Waals surface area contributed by atoms with Crippen LogP contribution in [0.2, 0.25) is 0 Å². The second-order valence-corrected chi connectivity index (χ2v) is 7.58. The molecule has 1 aromatic carbocycles. The molecule has 1 atom stereocenters. The van der Waals surface area contributed by atoms with Crippen molar-refractivity contribution in [2.75, 3.05) is 26.2 Å². The molecule has 1 aromatic heterocycles. The molecule has 4 rings (SSSR count). The first-order chi connectivity index (χ1) is 13.2. The molecule has 0 aliphatic carbocycles. The number of ether oxygens (including phenoxy) is 1. The van der Waals surface area contributed by atoms with Crippen LogP contribution >= 0.6 is 12.4 Å². The van der Waals surface area contributed by atoms with Gasteiger partial charge in [-0.1, -0.05) is 29.8 Å². The minimum absolute atomic E-state index is 0. The van der Waals surface area contributed by atoms with Crippen LogP contribution in [-0.4, -0.2) is 53.3 Å². The Morgan fingerprint density at radius 3 is 2.89 bits per heavy atom. The summed E-state index contributed by atoms with van der Waals surface area (Å²) >= 11 is 0. The SMILES string of the molecule is Cc1ccc(CCN(CC2CCCO2)C(=O)c2n[nH]c3c2CNCC3)cc1.Cl. The number of benzene rings is 1. The Morgan fingerprint density at radius 2 is 2.14 bits per heavy atom. The van der Waals surface area contributed by atoms with Gasteiger partial charge in [0.2, 0.25) is 0 Å². The summed E-state index contributed by atoms with van der Waals surface area (Å²) in [6.07, 6.45) is 3.97. The molecule has 3 heterocycles. The van der Waals surface area contributed by atoms with Gasteiger partial charge in [0.15, 0.2) is 5.69 Å². The van der Waals surface area contributed by atoms with Crippen LogP contribution in [0.4, 0.5) is 0 Å². The smallest absolute Gasteiger partial charge is 0.274 e. The number of hydrogen-bond acceptors (Lipinski definition) is 4. The maximum Gasteiger partial charge on any atom is 0.274 e. The molecular formula is C21H29ClN4O2. The van der Waals surface area contributed by atoms with Gasteiger partial charge in [-0.05, 0) is 31.7 Å². The molecule has 0 saturated carbocycles. The van der Waals surface area contributed by atoms with Crippen molar-refractivity contribution in [2.24, 2.45) is 0 Å². The lowest BCUT2D eigenvalue weighted by Crippen LogP contribution is -2.39. The second kappa shape index (κ2) is 9.54. The summed E-state index contributed by atoms with van der Waals surface area (Å²) in [7, 11) is 0. The quantitative estimate of drug-likeness (QED) is 0.776. The molecule has 0 radical (unpaired) electrons. The number of aryl methyl sites for hydroxylation is 1. The normalized spacial score (nSPS) is 18.4. The highest BCUT2D eigenvalue weighted by Gasteiger charge is 2.28. The van der Waals surface area contributed by atoms with E-state index in [0.29, 0.717) is 25.3 Å². The lowest BCUT2D eigenvalue weighted by molar-refractivity contribution is 0.0523. The van der Waals surface area contributed by atoms with Crippen molar-refractivity contribution in [3.8, 4) is 0 Å². The van der Waals surface area contributed by atoms with Gasteiger partial charge >= 0.3 is 0 Å². The Bertz CT molecular complexity index is 784. The predicted octanol–water partition coefficient (Wildman–Crippen LogP) is 2.65. The Hall–Kier alpha value is -1.89. The number of carbonyl (C=O) groups is 1. The first kappa shape index (κ1) is 20.8. The Kier molecular flexibility index (Phi) is 7.10. The molecule has 2 N–H and O–H groups in total. The zero-order valence-corrected chi connectivity index (χ0v) is 17.2. The van der Waals surface area contributed by atoms with Gasteiger partial charge in [-0.3, -0.25) is 9.89 Å². The molecule has 2 aliphatic rings. The topological polar surface area (TPSA) is 70.2 Å². The highest BCUT2D eigenvalue weighted by molar-refractivity contribution is 5.94. The largest absolute Gasteiger partial charge is 0.376 e. The average Bonchev–Trinajstić information content (AvgIpc) is 3.35. The van der Waals surface area contributed by atoms with Gasteiger partial charge in [-0.2, -0.15) is 5.10 Å².